The fourth-order valence-corrected chi connectivity index (χ4v) is 3.03. The maximum absolute atomic E-state index is 12.8. The molecule has 2 aromatic carbocycles. The molecule has 0 saturated carbocycles. The number of aliphatic hydroxyl groups is 1. The molecule has 2 amide bonds. The first-order valence-corrected chi connectivity index (χ1v) is 8.09. The highest BCUT2D eigenvalue weighted by atomic mass is 19.1. The van der Waals surface area contributed by atoms with Gasteiger partial charge in [-0.3, -0.25) is 0 Å². The van der Waals surface area contributed by atoms with Crippen molar-refractivity contribution < 1.29 is 14.3 Å². The summed E-state index contributed by atoms with van der Waals surface area (Å²) in [5.41, 5.74) is 2.31. The van der Waals surface area contributed by atoms with E-state index in [2.05, 4.69) is 16.7 Å². The van der Waals surface area contributed by atoms with Crippen LogP contribution in [0, 0.1) is 5.82 Å². The molecule has 0 fully saturated rings. The van der Waals surface area contributed by atoms with Gasteiger partial charge in [0, 0.05) is 19.5 Å². The van der Waals surface area contributed by atoms with E-state index in [-0.39, 0.29) is 18.4 Å². The number of carbonyl (C=O) groups is 1. The number of rotatable bonds is 4. The standard InChI is InChI=1S/C19H21FN2O2/c20-17-7-5-14(6-8-17)12-21-18(23)22-13-19(24)10-9-15-3-1-2-4-16(15)11-19/h1-8,24H,9-13H2,(H2,21,22,23)/t19-/m0/s1. The van der Waals surface area contributed by atoms with E-state index in [1.165, 1.54) is 17.7 Å². The molecule has 1 aliphatic carbocycles. The average Bonchev–Trinajstić information content (AvgIpc) is 2.59. The molecule has 0 radical (unpaired) electrons. The lowest BCUT2D eigenvalue weighted by atomic mass is 9.80. The minimum atomic E-state index is -0.915. The molecule has 0 aromatic heterocycles. The topological polar surface area (TPSA) is 61.4 Å². The lowest BCUT2D eigenvalue weighted by molar-refractivity contribution is 0.0291. The second-order valence-corrected chi connectivity index (χ2v) is 6.33. The summed E-state index contributed by atoms with van der Waals surface area (Å²) in [4.78, 5) is 11.9. The number of halogens is 1. The van der Waals surface area contributed by atoms with E-state index in [1.54, 1.807) is 12.1 Å². The molecule has 24 heavy (non-hydrogen) atoms. The van der Waals surface area contributed by atoms with Crippen LogP contribution in [0.2, 0.25) is 0 Å². The predicted molar refractivity (Wildman–Crippen MR) is 90.1 cm³/mol. The third-order valence-corrected chi connectivity index (χ3v) is 4.44. The van der Waals surface area contributed by atoms with Gasteiger partial charge in [0.15, 0.2) is 0 Å². The van der Waals surface area contributed by atoms with Crippen molar-refractivity contribution in [2.75, 3.05) is 6.54 Å². The summed E-state index contributed by atoms with van der Waals surface area (Å²) in [5, 5.41) is 16.1. The van der Waals surface area contributed by atoms with Crippen LogP contribution in [0.25, 0.3) is 0 Å². The molecule has 0 heterocycles. The Labute approximate surface area is 140 Å². The maximum atomic E-state index is 12.8. The highest BCUT2D eigenvalue weighted by molar-refractivity contribution is 5.73. The molecule has 126 valence electrons. The van der Waals surface area contributed by atoms with Gasteiger partial charge < -0.3 is 15.7 Å². The average molecular weight is 328 g/mol. The highest BCUT2D eigenvalue weighted by Gasteiger charge is 2.32. The molecule has 4 nitrogen and oxygen atoms in total. The van der Waals surface area contributed by atoms with E-state index in [0.717, 1.165) is 17.5 Å². The first-order valence-electron chi connectivity index (χ1n) is 8.09. The van der Waals surface area contributed by atoms with E-state index in [4.69, 9.17) is 0 Å². The Balaban J connectivity index is 1.48. The van der Waals surface area contributed by atoms with Crippen LogP contribution in [0.3, 0.4) is 0 Å². The number of benzene rings is 2. The Bertz CT molecular complexity index is 718. The van der Waals surface area contributed by atoms with Gasteiger partial charge >= 0.3 is 6.03 Å². The minimum absolute atomic E-state index is 0.205. The van der Waals surface area contributed by atoms with Crippen molar-refractivity contribution in [1.29, 1.82) is 0 Å². The van der Waals surface area contributed by atoms with Crippen molar-refractivity contribution in [3.8, 4) is 0 Å². The van der Waals surface area contributed by atoms with Crippen LogP contribution in [0.5, 0.6) is 0 Å². The van der Waals surface area contributed by atoms with Gasteiger partial charge in [0.25, 0.3) is 0 Å². The summed E-state index contributed by atoms with van der Waals surface area (Å²) in [6, 6.07) is 13.7. The Morgan fingerprint density at radius 1 is 1.08 bits per heavy atom. The Kier molecular flexibility index (Phi) is 4.81. The van der Waals surface area contributed by atoms with Gasteiger partial charge in [0.2, 0.25) is 0 Å². The molecule has 2 aromatic rings. The van der Waals surface area contributed by atoms with Crippen LogP contribution in [0.4, 0.5) is 9.18 Å². The summed E-state index contributed by atoms with van der Waals surface area (Å²) in [6.45, 7) is 0.518. The van der Waals surface area contributed by atoms with Crippen molar-refractivity contribution in [3.05, 3.63) is 71.0 Å². The van der Waals surface area contributed by atoms with Crippen LogP contribution in [0.1, 0.15) is 23.1 Å². The molecule has 3 rings (SSSR count). The fraction of sp³-hybridized carbons (Fsp3) is 0.316. The summed E-state index contributed by atoms with van der Waals surface area (Å²) in [5.74, 6) is -0.303. The second kappa shape index (κ2) is 7.01. The monoisotopic (exact) mass is 328 g/mol. The van der Waals surface area contributed by atoms with Gasteiger partial charge in [0.1, 0.15) is 5.82 Å². The number of carbonyl (C=O) groups excluding carboxylic acids is 1. The van der Waals surface area contributed by atoms with Crippen LogP contribution < -0.4 is 10.6 Å². The first-order chi connectivity index (χ1) is 11.5. The predicted octanol–water partition coefficient (Wildman–Crippen LogP) is 2.54. The summed E-state index contributed by atoms with van der Waals surface area (Å²) < 4.78 is 12.8. The Morgan fingerprint density at radius 3 is 2.54 bits per heavy atom. The number of nitrogens with one attached hydrogen (secondary N) is 2. The number of urea groups is 1. The Hall–Kier alpha value is -2.40. The van der Waals surface area contributed by atoms with Gasteiger partial charge in [0.05, 0.1) is 5.60 Å². The summed E-state index contributed by atoms with van der Waals surface area (Å²) in [7, 11) is 0. The van der Waals surface area contributed by atoms with Crippen LogP contribution in [-0.2, 0) is 19.4 Å². The molecule has 1 aliphatic rings. The zero-order chi connectivity index (χ0) is 17.0. The first kappa shape index (κ1) is 16.5. The van der Waals surface area contributed by atoms with E-state index < -0.39 is 5.60 Å². The molecule has 0 bridgehead atoms. The van der Waals surface area contributed by atoms with Crippen molar-refractivity contribution in [1.82, 2.24) is 10.6 Å². The molecule has 0 spiro atoms. The molecule has 3 N–H and O–H groups in total. The SMILES string of the molecule is O=C(NCc1ccc(F)cc1)NC[C@]1(O)CCc2ccccc2C1. The molecule has 0 aliphatic heterocycles. The number of fused-ring (bicyclic) bond motifs is 1. The maximum Gasteiger partial charge on any atom is 0.315 e. The summed E-state index contributed by atoms with van der Waals surface area (Å²) >= 11 is 0. The number of hydrogen-bond acceptors (Lipinski definition) is 2. The van der Waals surface area contributed by atoms with E-state index >= 15 is 0 Å². The lowest BCUT2D eigenvalue weighted by Gasteiger charge is -2.33. The van der Waals surface area contributed by atoms with Crippen molar-refractivity contribution in [2.24, 2.45) is 0 Å². The molecule has 5 heteroatoms. The molecular formula is C19H21FN2O2. The largest absolute Gasteiger partial charge is 0.388 e. The van der Waals surface area contributed by atoms with Crippen molar-refractivity contribution in [2.45, 2.75) is 31.4 Å². The van der Waals surface area contributed by atoms with Crippen LogP contribution in [-0.4, -0.2) is 23.3 Å². The van der Waals surface area contributed by atoms with E-state index in [0.29, 0.717) is 19.4 Å². The molecular weight excluding hydrogens is 307 g/mol. The van der Waals surface area contributed by atoms with Crippen molar-refractivity contribution >= 4 is 6.03 Å². The van der Waals surface area contributed by atoms with Gasteiger partial charge in [-0.05, 0) is 41.7 Å². The van der Waals surface area contributed by atoms with E-state index in [9.17, 15) is 14.3 Å². The third-order valence-electron chi connectivity index (χ3n) is 4.44. The van der Waals surface area contributed by atoms with E-state index in [1.807, 2.05) is 18.2 Å². The minimum Gasteiger partial charge on any atom is -0.388 e. The lowest BCUT2D eigenvalue weighted by Crippen LogP contribution is -2.49. The quantitative estimate of drug-likeness (QED) is 0.808. The fourth-order valence-electron chi connectivity index (χ4n) is 3.03. The molecule has 0 unspecified atom stereocenters. The highest BCUT2D eigenvalue weighted by Crippen LogP contribution is 2.28. The van der Waals surface area contributed by atoms with Gasteiger partial charge in [-0.25, -0.2) is 9.18 Å². The zero-order valence-electron chi connectivity index (χ0n) is 13.4. The van der Waals surface area contributed by atoms with Gasteiger partial charge in [-0.15, -0.1) is 0 Å². The van der Waals surface area contributed by atoms with Crippen LogP contribution >= 0.6 is 0 Å². The summed E-state index contributed by atoms with van der Waals surface area (Å²) in [6.07, 6.45) is 1.98. The zero-order valence-corrected chi connectivity index (χ0v) is 13.4. The van der Waals surface area contributed by atoms with Crippen molar-refractivity contribution in [3.63, 3.8) is 0 Å². The second-order valence-electron chi connectivity index (χ2n) is 6.33. The van der Waals surface area contributed by atoms with Gasteiger partial charge in [-0.1, -0.05) is 36.4 Å². The molecule has 0 saturated heterocycles. The normalized spacial score (nSPS) is 19.4. The number of amides is 2. The Morgan fingerprint density at radius 2 is 1.79 bits per heavy atom. The van der Waals surface area contributed by atoms with Gasteiger partial charge in [-0.2, -0.15) is 0 Å². The number of aryl methyl sites for hydroxylation is 1. The number of hydrogen-bond donors (Lipinski definition) is 3. The van der Waals surface area contributed by atoms with Crippen LogP contribution in [0.15, 0.2) is 48.5 Å². The molecule has 1 atom stereocenters. The smallest absolute Gasteiger partial charge is 0.315 e. The third kappa shape index (κ3) is 4.11.